The highest BCUT2D eigenvalue weighted by Gasteiger charge is 2.59. The predicted octanol–water partition coefficient (Wildman–Crippen LogP) is 5.69. The van der Waals surface area contributed by atoms with Gasteiger partial charge in [-0.05, 0) is 126 Å². The Balaban J connectivity index is 1.19. The maximum Gasteiger partial charge on any atom is 0.305 e. The number of ether oxygens (including phenoxy) is 1. The molecule has 0 unspecified atom stereocenters. The van der Waals surface area contributed by atoms with Gasteiger partial charge in [0.2, 0.25) is 0 Å². The maximum atomic E-state index is 12.7. The summed E-state index contributed by atoms with van der Waals surface area (Å²) in [5, 5.41) is 16.7. The van der Waals surface area contributed by atoms with Gasteiger partial charge in [-0.25, -0.2) is 0 Å². The molecule has 0 spiro atoms. The molecule has 1 saturated heterocycles. The van der Waals surface area contributed by atoms with Crippen molar-refractivity contribution in [2.75, 3.05) is 13.2 Å². The number of carbonyl (C=O) groups excluding carboxylic acids is 2. The molecule has 0 bridgehead atoms. The molecule has 0 aromatic heterocycles. The molecule has 2 N–H and O–H groups in total. The fourth-order valence-electron chi connectivity index (χ4n) is 9.88. The number of fused-ring (bicyclic) bond motifs is 5. The average Bonchev–Trinajstić information content (AvgIpc) is 3.25. The predicted molar refractivity (Wildman–Crippen MR) is 156 cm³/mol. The molecule has 8 nitrogen and oxygen atoms in total. The Bertz CT molecular complexity index is 1110. The zero-order valence-corrected chi connectivity index (χ0v) is 25.7. The summed E-state index contributed by atoms with van der Waals surface area (Å²) in [6.07, 6.45) is 12.2. The molecule has 8 atom stereocenters. The van der Waals surface area contributed by atoms with E-state index in [1.54, 1.807) is 6.92 Å². The Labute approximate surface area is 245 Å². The molecule has 1 amide bonds. The highest BCUT2D eigenvalue weighted by Crippen LogP contribution is 2.66. The van der Waals surface area contributed by atoms with Gasteiger partial charge in [-0.1, -0.05) is 24.6 Å². The SMILES string of the molecule is CC(=O)[C@@H]1CC[C@@H]2[C@@H]3CCC4=C/C(=N\OCC(=O)N[C@H](CC(=O)O)[C@@H]5CCOC(C)(C)C5)CC[C@]4(C)[C@H]3CC[C@@]21C. The van der Waals surface area contributed by atoms with Crippen molar-refractivity contribution >= 4 is 23.4 Å². The smallest absolute Gasteiger partial charge is 0.305 e. The number of ketones is 1. The highest BCUT2D eigenvalue weighted by molar-refractivity contribution is 5.96. The highest BCUT2D eigenvalue weighted by atomic mass is 16.6. The third kappa shape index (κ3) is 6.00. The molecule has 228 valence electrons. The van der Waals surface area contributed by atoms with Gasteiger partial charge in [-0.2, -0.15) is 0 Å². The fraction of sp³-hybridized carbons (Fsp3) is 0.818. The van der Waals surface area contributed by atoms with E-state index in [4.69, 9.17) is 9.57 Å². The van der Waals surface area contributed by atoms with Crippen molar-refractivity contribution in [1.29, 1.82) is 0 Å². The van der Waals surface area contributed by atoms with Crippen LogP contribution in [0.4, 0.5) is 0 Å². The normalized spacial score (nSPS) is 39.5. The van der Waals surface area contributed by atoms with Crippen LogP contribution in [0.15, 0.2) is 16.8 Å². The Kier molecular flexibility index (Phi) is 8.45. The van der Waals surface area contributed by atoms with Crippen LogP contribution in [0, 0.1) is 40.4 Å². The number of hydrogen-bond donors (Lipinski definition) is 2. The minimum Gasteiger partial charge on any atom is -0.481 e. The number of nitrogens with zero attached hydrogens (tertiary/aromatic N) is 1. The first kappa shape index (κ1) is 30.2. The Hall–Kier alpha value is -2.22. The number of rotatable bonds is 8. The second-order valence-electron chi connectivity index (χ2n) is 14.8. The van der Waals surface area contributed by atoms with Crippen LogP contribution in [0.3, 0.4) is 0 Å². The monoisotopic (exact) mass is 570 g/mol. The number of hydrogen-bond acceptors (Lipinski definition) is 6. The molecule has 3 saturated carbocycles. The molecule has 4 aliphatic carbocycles. The lowest BCUT2D eigenvalue weighted by atomic mass is 9.46. The number of carbonyl (C=O) groups is 3. The summed E-state index contributed by atoms with van der Waals surface area (Å²) in [5.41, 5.74) is 2.35. The van der Waals surface area contributed by atoms with E-state index in [2.05, 4.69) is 30.4 Å². The molecule has 1 heterocycles. The molecule has 4 fully saturated rings. The summed E-state index contributed by atoms with van der Waals surface area (Å²) >= 11 is 0. The summed E-state index contributed by atoms with van der Waals surface area (Å²) in [6, 6.07) is -0.463. The number of amides is 1. The van der Waals surface area contributed by atoms with Gasteiger partial charge in [-0.3, -0.25) is 14.4 Å². The van der Waals surface area contributed by atoms with Crippen LogP contribution in [0.5, 0.6) is 0 Å². The number of carboxylic acid groups (broad SMARTS) is 1. The van der Waals surface area contributed by atoms with E-state index in [0.29, 0.717) is 36.6 Å². The first-order valence-corrected chi connectivity index (χ1v) is 15.9. The molecule has 5 rings (SSSR count). The van der Waals surface area contributed by atoms with Gasteiger partial charge in [0.1, 0.15) is 5.78 Å². The minimum absolute atomic E-state index is 0.0382. The Morgan fingerprint density at radius 3 is 2.56 bits per heavy atom. The number of aliphatic carboxylic acids is 1. The molecule has 8 heteroatoms. The quantitative estimate of drug-likeness (QED) is 0.362. The number of oxime groups is 1. The lowest BCUT2D eigenvalue weighted by molar-refractivity contribution is -0.140. The standard InChI is InChI=1S/C33H50N2O6/c1-20(36)25-8-9-26-24-7-6-22-16-23(10-13-32(22,4)27(24)11-14-33(25,26)5)35-41-19-29(37)34-28(17-30(38)39)21-12-15-40-31(2,3)18-21/h16,21,24-28H,6-15,17-19H2,1-5H3,(H,34,37)(H,38,39)/b35-23-/t21-,24+,25+,26-,27+,28-,32+,33-/m1/s1. The molecule has 0 aromatic rings. The summed E-state index contributed by atoms with van der Waals surface area (Å²) in [7, 11) is 0. The van der Waals surface area contributed by atoms with Gasteiger partial charge in [0.25, 0.3) is 5.91 Å². The van der Waals surface area contributed by atoms with Crippen LogP contribution in [0.2, 0.25) is 0 Å². The molecule has 41 heavy (non-hydrogen) atoms. The summed E-state index contributed by atoms with van der Waals surface area (Å²) in [6.45, 7) is 11.0. The molecular formula is C33H50N2O6. The van der Waals surface area contributed by atoms with Crippen LogP contribution in [0.25, 0.3) is 0 Å². The van der Waals surface area contributed by atoms with E-state index in [1.807, 2.05) is 13.8 Å². The van der Waals surface area contributed by atoms with E-state index < -0.39 is 12.0 Å². The first-order chi connectivity index (χ1) is 19.3. The molecular weight excluding hydrogens is 520 g/mol. The Morgan fingerprint density at radius 1 is 1.07 bits per heavy atom. The van der Waals surface area contributed by atoms with E-state index in [-0.39, 0.29) is 47.2 Å². The van der Waals surface area contributed by atoms with Crippen LogP contribution >= 0.6 is 0 Å². The fourth-order valence-corrected chi connectivity index (χ4v) is 9.88. The zero-order chi connectivity index (χ0) is 29.6. The number of carboxylic acids is 1. The van der Waals surface area contributed by atoms with Gasteiger partial charge < -0.3 is 20.0 Å². The van der Waals surface area contributed by atoms with Crippen molar-refractivity contribution in [2.45, 2.75) is 117 Å². The lowest BCUT2D eigenvalue weighted by Crippen LogP contribution is -2.51. The zero-order valence-electron chi connectivity index (χ0n) is 25.7. The van der Waals surface area contributed by atoms with Gasteiger partial charge in [0, 0.05) is 18.6 Å². The molecule has 1 aliphatic heterocycles. The lowest BCUT2D eigenvalue weighted by Gasteiger charge is -2.58. The number of allylic oxidation sites excluding steroid dienone is 2. The summed E-state index contributed by atoms with van der Waals surface area (Å²) in [5.74, 6) is 1.39. The van der Waals surface area contributed by atoms with Crippen molar-refractivity contribution < 1.29 is 29.1 Å². The van der Waals surface area contributed by atoms with Crippen molar-refractivity contribution in [3.8, 4) is 0 Å². The van der Waals surface area contributed by atoms with Crippen LogP contribution in [-0.4, -0.2) is 53.3 Å². The van der Waals surface area contributed by atoms with E-state index in [1.165, 1.54) is 24.8 Å². The van der Waals surface area contributed by atoms with Gasteiger partial charge in [-0.15, -0.1) is 0 Å². The van der Waals surface area contributed by atoms with Gasteiger partial charge >= 0.3 is 5.97 Å². The first-order valence-electron chi connectivity index (χ1n) is 15.9. The summed E-state index contributed by atoms with van der Waals surface area (Å²) in [4.78, 5) is 42.2. The summed E-state index contributed by atoms with van der Waals surface area (Å²) < 4.78 is 5.78. The van der Waals surface area contributed by atoms with E-state index in [0.717, 1.165) is 44.2 Å². The van der Waals surface area contributed by atoms with Crippen molar-refractivity contribution in [1.82, 2.24) is 5.32 Å². The van der Waals surface area contributed by atoms with Crippen LogP contribution < -0.4 is 5.32 Å². The second-order valence-corrected chi connectivity index (χ2v) is 14.8. The van der Waals surface area contributed by atoms with Gasteiger partial charge in [0.05, 0.1) is 17.7 Å². The van der Waals surface area contributed by atoms with E-state index >= 15 is 0 Å². The van der Waals surface area contributed by atoms with Crippen molar-refractivity contribution in [3.63, 3.8) is 0 Å². The topological polar surface area (TPSA) is 114 Å². The molecule has 0 aromatic carbocycles. The third-order valence-corrected chi connectivity index (χ3v) is 11.9. The van der Waals surface area contributed by atoms with Crippen molar-refractivity contribution in [2.24, 2.45) is 45.6 Å². The molecule has 5 aliphatic rings. The van der Waals surface area contributed by atoms with Gasteiger partial charge in [0.15, 0.2) is 6.61 Å². The number of Topliss-reactive ketones (excluding diaryl/α,β-unsaturated/α-hetero) is 1. The minimum atomic E-state index is -0.929. The molecule has 0 radical (unpaired) electrons. The van der Waals surface area contributed by atoms with E-state index in [9.17, 15) is 19.5 Å². The Morgan fingerprint density at radius 2 is 1.85 bits per heavy atom. The third-order valence-electron chi connectivity index (χ3n) is 11.9. The number of nitrogens with one attached hydrogen (secondary N) is 1. The largest absolute Gasteiger partial charge is 0.481 e. The van der Waals surface area contributed by atoms with Crippen LogP contribution in [-0.2, 0) is 24.0 Å². The van der Waals surface area contributed by atoms with Crippen molar-refractivity contribution in [3.05, 3.63) is 11.6 Å². The second kappa shape index (κ2) is 11.5. The maximum absolute atomic E-state index is 12.7. The average molecular weight is 571 g/mol. The van der Waals surface area contributed by atoms with Crippen LogP contribution in [0.1, 0.15) is 105 Å².